The lowest BCUT2D eigenvalue weighted by Crippen LogP contribution is -3.11. The standard InChI is InChI=1S/C15H23N5O2/c1-3-19(4-2)7-6-16-15-17-12-10-14-11(5-8-22-14)9-13(12)20(21)18-15/h9-10,20H,3-8H2,1-2H3,(H2,16,17,18). The quantitative estimate of drug-likeness (QED) is 0.681. The molecule has 0 saturated heterocycles. The Morgan fingerprint density at radius 1 is 1.36 bits per heavy atom. The van der Waals surface area contributed by atoms with Crippen LogP contribution in [0.15, 0.2) is 17.1 Å². The Morgan fingerprint density at radius 2 is 2.18 bits per heavy atom. The molecule has 0 fully saturated rings. The first-order valence-corrected chi connectivity index (χ1v) is 7.86. The summed E-state index contributed by atoms with van der Waals surface area (Å²) in [5, 5.41) is 15.3. The highest BCUT2D eigenvalue weighted by molar-refractivity contribution is 5.97. The third-order valence-corrected chi connectivity index (χ3v) is 4.14. The number of quaternary nitrogens is 1. The number of fused-ring (bicyclic) bond motifs is 2. The molecule has 0 saturated carbocycles. The van der Waals surface area contributed by atoms with Crippen molar-refractivity contribution in [3.63, 3.8) is 0 Å². The summed E-state index contributed by atoms with van der Waals surface area (Å²) in [6.07, 6.45) is 0.862. The smallest absolute Gasteiger partial charge is 0.243 e. The van der Waals surface area contributed by atoms with Crippen LogP contribution in [0.3, 0.4) is 0 Å². The number of ether oxygens (including phenoxy) is 1. The fraction of sp³-hybridized carbons (Fsp3) is 0.533. The lowest BCUT2D eigenvalue weighted by Gasteiger charge is -2.30. The van der Waals surface area contributed by atoms with Gasteiger partial charge in [-0.1, -0.05) is 13.8 Å². The zero-order valence-corrected chi connectivity index (χ0v) is 13.1. The third-order valence-electron chi connectivity index (χ3n) is 4.14. The van der Waals surface area contributed by atoms with Gasteiger partial charge in [0.05, 0.1) is 13.2 Å². The molecule has 2 aliphatic heterocycles. The number of rotatable bonds is 5. The Hall–Kier alpha value is -1.83. The van der Waals surface area contributed by atoms with Gasteiger partial charge < -0.3 is 20.2 Å². The highest BCUT2D eigenvalue weighted by Gasteiger charge is 2.24. The maximum absolute atomic E-state index is 12.2. The molecule has 0 amide bonds. The molecule has 120 valence electrons. The summed E-state index contributed by atoms with van der Waals surface area (Å²) in [5.74, 6) is 1.38. The number of hydrogen-bond donors (Lipinski definition) is 3. The predicted molar refractivity (Wildman–Crippen MR) is 86.5 cm³/mol. The molecule has 1 aromatic carbocycles. The molecule has 1 aromatic rings. The molecule has 22 heavy (non-hydrogen) atoms. The molecule has 0 aliphatic carbocycles. The van der Waals surface area contributed by atoms with Crippen molar-refractivity contribution in [2.45, 2.75) is 20.3 Å². The lowest BCUT2D eigenvalue weighted by atomic mass is 10.1. The molecule has 3 rings (SSSR count). The van der Waals surface area contributed by atoms with Crippen LogP contribution in [0.1, 0.15) is 19.4 Å². The van der Waals surface area contributed by atoms with E-state index < -0.39 is 0 Å². The Bertz CT molecular complexity index is 571. The van der Waals surface area contributed by atoms with Gasteiger partial charge in [-0.05, 0) is 13.1 Å². The predicted octanol–water partition coefficient (Wildman–Crippen LogP) is 0.264. The maximum atomic E-state index is 12.2. The minimum absolute atomic E-state index is 0.106. The third kappa shape index (κ3) is 3.01. The summed E-state index contributed by atoms with van der Waals surface area (Å²) < 4.78 is 5.56. The Balaban J connectivity index is 1.71. The number of nitrogens with one attached hydrogen (secondary N) is 3. The molecule has 0 bridgehead atoms. The van der Waals surface area contributed by atoms with Crippen molar-refractivity contribution < 1.29 is 9.91 Å². The minimum Gasteiger partial charge on any atom is -0.603 e. The highest BCUT2D eigenvalue weighted by atomic mass is 16.5. The molecule has 7 heteroatoms. The van der Waals surface area contributed by atoms with E-state index in [0.29, 0.717) is 24.8 Å². The van der Waals surface area contributed by atoms with E-state index in [9.17, 15) is 5.21 Å². The van der Waals surface area contributed by atoms with Crippen molar-refractivity contribution in [1.82, 2.24) is 10.3 Å². The van der Waals surface area contributed by atoms with Gasteiger partial charge in [0.15, 0.2) is 5.69 Å². The van der Waals surface area contributed by atoms with Gasteiger partial charge in [-0.3, -0.25) is 0 Å². The maximum Gasteiger partial charge on any atom is 0.243 e. The summed E-state index contributed by atoms with van der Waals surface area (Å²) in [6, 6.07) is 3.81. The van der Waals surface area contributed by atoms with Gasteiger partial charge in [0.2, 0.25) is 5.96 Å². The first-order valence-electron chi connectivity index (χ1n) is 7.86. The average molecular weight is 305 g/mol. The van der Waals surface area contributed by atoms with Gasteiger partial charge in [-0.25, -0.2) is 10.2 Å². The molecule has 0 aromatic heterocycles. The number of aliphatic imine (C=N–C) groups is 1. The number of guanidine groups is 1. The minimum atomic E-state index is -0.106. The topological polar surface area (TPSA) is 76.4 Å². The van der Waals surface area contributed by atoms with Gasteiger partial charge in [-0.15, -0.1) is 0 Å². The second-order valence-electron chi connectivity index (χ2n) is 5.44. The Kier molecular flexibility index (Phi) is 4.47. The van der Waals surface area contributed by atoms with Crippen molar-refractivity contribution >= 4 is 17.3 Å². The van der Waals surface area contributed by atoms with Gasteiger partial charge in [-0.2, -0.15) is 5.43 Å². The second-order valence-corrected chi connectivity index (χ2v) is 5.44. The van der Waals surface area contributed by atoms with Crippen molar-refractivity contribution in [2.75, 3.05) is 38.1 Å². The van der Waals surface area contributed by atoms with Gasteiger partial charge in [0.25, 0.3) is 0 Å². The SMILES string of the molecule is CCN(CC)CCN=C1Nc2cc3c(cc2[NH+]([O-])N1)CCO3. The van der Waals surface area contributed by atoms with E-state index in [1.807, 2.05) is 12.1 Å². The van der Waals surface area contributed by atoms with E-state index >= 15 is 0 Å². The largest absolute Gasteiger partial charge is 0.603 e. The van der Waals surface area contributed by atoms with Crippen LogP contribution in [0.5, 0.6) is 5.75 Å². The number of benzene rings is 1. The van der Waals surface area contributed by atoms with Crippen LogP contribution in [0.25, 0.3) is 0 Å². The summed E-state index contributed by atoms with van der Waals surface area (Å²) >= 11 is 0. The summed E-state index contributed by atoms with van der Waals surface area (Å²) in [4.78, 5) is 6.75. The summed E-state index contributed by atoms with van der Waals surface area (Å²) in [7, 11) is 0. The normalized spacial score (nSPS) is 21.1. The van der Waals surface area contributed by atoms with Crippen LogP contribution in [-0.4, -0.2) is 43.6 Å². The highest BCUT2D eigenvalue weighted by Crippen LogP contribution is 2.33. The van der Waals surface area contributed by atoms with Crippen LogP contribution in [0.2, 0.25) is 0 Å². The fourth-order valence-corrected chi connectivity index (χ4v) is 2.77. The first kappa shape index (κ1) is 15.1. The van der Waals surface area contributed by atoms with Gasteiger partial charge >= 0.3 is 0 Å². The van der Waals surface area contributed by atoms with Crippen LogP contribution in [0, 0.1) is 5.21 Å². The fourth-order valence-electron chi connectivity index (χ4n) is 2.77. The molecule has 0 spiro atoms. The van der Waals surface area contributed by atoms with Crippen molar-refractivity contribution in [3.8, 4) is 5.75 Å². The number of anilines is 1. The van der Waals surface area contributed by atoms with Crippen molar-refractivity contribution in [1.29, 1.82) is 0 Å². The molecule has 2 heterocycles. The number of hydrogen-bond acceptors (Lipinski definition) is 4. The zero-order valence-electron chi connectivity index (χ0n) is 13.1. The van der Waals surface area contributed by atoms with Crippen LogP contribution >= 0.6 is 0 Å². The molecule has 7 nitrogen and oxygen atoms in total. The number of nitrogens with zero attached hydrogens (tertiary/aromatic N) is 2. The van der Waals surface area contributed by atoms with E-state index in [1.54, 1.807) is 0 Å². The molecule has 3 N–H and O–H groups in total. The number of likely N-dealkylation sites (N-methyl/N-ethyl adjacent to an activating group) is 1. The van der Waals surface area contributed by atoms with Crippen LogP contribution in [-0.2, 0) is 6.42 Å². The summed E-state index contributed by atoms with van der Waals surface area (Å²) in [6.45, 7) is 8.50. The molecular formula is C15H23N5O2. The Labute approximate surface area is 130 Å². The van der Waals surface area contributed by atoms with E-state index in [-0.39, 0.29) is 5.17 Å². The van der Waals surface area contributed by atoms with E-state index in [2.05, 4.69) is 34.5 Å². The second kappa shape index (κ2) is 6.51. The van der Waals surface area contributed by atoms with E-state index in [4.69, 9.17) is 4.74 Å². The molecule has 0 radical (unpaired) electrons. The summed E-state index contributed by atoms with van der Waals surface area (Å²) in [5.41, 5.74) is 5.34. The van der Waals surface area contributed by atoms with Gasteiger partial charge in [0, 0.05) is 30.7 Å². The zero-order chi connectivity index (χ0) is 15.5. The van der Waals surface area contributed by atoms with Crippen molar-refractivity contribution in [3.05, 3.63) is 22.9 Å². The molecule has 2 aliphatic rings. The Morgan fingerprint density at radius 3 is 2.95 bits per heavy atom. The molecular weight excluding hydrogens is 282 g/mol. The van der Waals surface area contributed by atoms with Crippen LogP contribution < -0.4 is 20.7 Å². The van der Waals surface area contributed by atoms with E-state index in [1.165, 1.54) is 0 Å². The van der Waals surface area contributed by atoms with Gasteiger partial charge in [0.1, 0.15) is 11.4 Å². The monoisotopic (exact) mass is 305 g/mol. The van der Waals surface area contributed by atoms with Crippen LogP contribution in [0.4, 0.5) is 11.4 Å². The van der Waals surface area contributed by atoms with Crippen molar-refractivity contribution in [2.24, 2.45) is 4.99 Å². The average Bonchev–Trinajstić information content (AvgIpc) is 2.97. The lowest BCUT2D eigenvalue weighted by molar-refractivity contribution is -0.816. The first-order chi connectivity index (χ1) is 10.7. The van der Waals surface area contributed by atoms with E-state index in [0.717, 1.165) is 43.1 Å². The molecule has 1 unspecified atom stereocenters. The molecule has 1 atom stereocenters.